The fourth-order valence-electron chi connectivity index (χ4n) is 1.97. The van der Waals surface area contributed by atoms with Crippen LogP contribution in [0.3, 0.4) is 0 Å². The van der Waals surface area contributed by atoms with Gasteiger partial charge in [-0.25, -0.2) is 4.98 Å². The molecule has 2 aromatic rings. The van der Waals surface area contributed by atoms with Crippen LogP contribution in [0.15, 0.2) is 23.8 Å². The number of aliphatic hydroxyl groups is 1. The van der Waals surface area contributed by atoms with E-state index < -0.39 is 6.10 Å². The summed E-state index contributed by atoms with van der Waals surface area (Å²) in [6.07, 6.45) is 5.02. The molecular weight excluding hydrogens is 232 g/mol. The zero-order valence-corrected chi connectivity index (χ0v) is 11.1. The fraction of sp³-hybridized carbons (Fsp3) is 0.462. The summed E-state index contributed by atoms with van der Waals surface area (Å²) in [5.74, 6) is 0.965. The van der Waals surface area contributed by atoms with Crippen LogP contribution in [0.4, 0.5) is 0 Å². The highest BCUT2D eigenvalue weighted by atomic mass is 32.1. The maximum Gasteiger partial charge on any atom is 0.111 e. The summed E-state index contributed by atoms with van der Waals surface area (Å²) >= 11 is 1.61. The molecule has 4 heteroatoms. The molecule has 0 fully saturated rings. The average molecular weight is 250 g/mol. The van der Waals surface area contributed by atoms with E-state index >= 15 is 0 Å². The zero-order valence-electron chi connectivity index (χ0n) is 10.3. The van der Waals surface area contributed by atoms with Gasteiger partial charge in [-0.05, 0) is 30.4 Å². The van der Waals surface area contributed by atoms with E-state index in [1.165, 1.54) is 0 Å². The summed E-state index contributed by atoms with van der Waals surface area (Å²) in [6, 6.07) is 2.04. The molecule has 0 radical (unpaired) electrons. The van der Waals surface area contributed by atoms with Crippen LogP contribution >= 0.6 is 11.3 Å². The minimum absolute atomic E-state index is 0.437. The van der Waals surface area contributed by atoms with Crippen molar-refractivity contribution in [3.05, 3.63) is 40.1 Å². The van der Waals surface area contributed by atoms with E-state index in [0.717, 1.165) is 29.2 Å². The lowest BCUT2D eigenvalue weighted by molar-refractivity contribution is 0.177. The standard InChI is InChI=1S/C13H18N2OS/c1-3-6-15-7-5-14-12(15)9-11(16)13-10(2)4-8-17-13/h4-5,7-8,11,16H,3,6,9H2,1-2H3. The molecule has 0 saturated heterocycles. The van der Waals surface area contributed by atoms with Gasteiger partial charge in [-0.1, -0.05) is 6.92 Å². The van der Waals surface area contributed by atoms with Crippen LogP contribution < -0.4 is 0 Å². The molecule has 1 N–H and O–H groups in total. The summed E-state index contributed by atoms with van der Waals surface area (Å²) in [6.45, 7) is 5.14. The maximum atomic E-state index is 10.2. The predicted octanol–water partition coefficient (Wildman–Crippen LogP) is 2.94. The van der Waals surface area contributed by atoms with Gasteiger partial charge in [-0.3, -0.25) is 0 Å². The molecule has 2 aromatic heterocycles. The number of aliphatic hydroxyl groups excluding tert-OH is 1. The lowest BCUT2D eigenvalue weighted by atomic mass is 10.1. The molecule has 0 bridgehead atoms. The van der Waals surface area contributed by atoms with Crippen LogP contribution in [-0.4, -0.2) is 14.7 Å². The van der Waals surface area contributed by atoms with Crippen LogP contribution in [0.5, 0.6) is 0 Å². The average Bonchev–Trinajstić information content (AvgIpc) is 2.89. The van der Waals surface area contributed by atoms with E-state index in [4.69, 9.17) is 0 Å². The van der Waals surface area contributed by atoms with Crippen LogP contribution in [-0.2, 0) is 13.0 Å². The Bertz CT molecular complexity index is 475. The van der Waals surface area contributed by atoms with Crippen molar-refractivity contribution in [1.29, 1.82) is 0 Å². The summed E-state index contributed by atoms with van der Waals surface area (Å²) in [7, 11) is 0. The van der Waals surface area contributed by atoms with Gasteiger partial charge in [0.25, 0.3) is 0 Å². The van der Waals surface area contributed by atoms with Gasteiger partial charge in [0.1, 0.15) is 5.82 Å². The second-order valence-electron chi connectivity index (χ2n) is 4.22. The van der Waals surface area contributed by atoms with Gasteiger partial charge < -0.3 is 9.67 Å². The lowest BCUT2D eigenvalue weighted by Crippen LogP contribution is -2.08. The van der Waals surface area contributed by atoms with E-state index in [9.17, 15) is 5.11 Å². The Balaban J connectivity index is 2.10. The SMILES string of the molecule is CCCn1ccnc1CC(O)c1sccc1C. The molecule has 2 heterocycles. The first-order valence-corrected chi connectivity index (χ1v) is 6.82. The second kappa shape index (κ2) is 5.47. The van der Waals surface area contributed by atoms with Crippen LogP contribution in [0, 0.1) is 6.92 Å². The Kier molecular flexibility index (Phi) is 3.97. The van der Waals surface area contributed by atoms with Gasteiger partial charge in [0, 0.05) is 30.2 Å². The number of thiophene rings is 1. The van der Waals surface area contributed by atoms with E-state index in [1.54, 1.807) is 17.5 Å². The quantitative estimate of drug-likeness (QED) is 0.886. The molecule has 0 aliphatic heterocycles. The maximum absolute atomic E-state index is 10.2. The molecule has 92 valence electrons. The predicted molar refractivity (Wildman–Crippen MR) is 70.2 cm³/mol. The highest BCUT2D eigenvalue weighted by Gasteiger charge is 2.15. The van der Waals surface area contributed by atoms with Crippen molar-refractivity contribution in [3.63, 3.8) is 0 Å². The second-order valence-corrected chi connectivity index (χ2v) is 5.17. The Morgan fingerprint density at radius 1 is 1.53 bits per heavy atom. The molecule has 0 aromatic carbocycles. The number of nitrogens with zero attached hydrogens (tertiary/aromatic N) is 2. The van der Waals surface area contributed by atoms with Crippen LogP contribution in [0.1, 0.15) is 35.7 Å². The van der Waals surface area contributed by atoms with Crippen molar-refractivity contribution in [2.75, 3.05) is 0 Å². The summed E-state index contributed by atoms with van der Waals surface area (Å²) in [4.78, 5) is 5.37. The van der Waals surface area contributed by atoms with Gasteiger partial charge >= 0.3 is 0 Å². The number of aromatic nitrogens is 2. The van der Waals surface area contributed by atoms with Crippen LogP contribution in [0.25, 0.3) is 0 Å². The van der Waals surface area contributed by atoms with Gasteiger partial charge in [-0.2, -0.15) is 0 Å². The molecule has 1 atom stereocenters. The molecule has 2 rings (SSSR count). The summed E-state index contributed by atoms with van der Waals surface area (Å²) in [5, 5.41) is 12.2. The topological polar surface area (TPSA) is 38.0 Å². The third-order valence-electron chi connectivity index (χ3n) is 2.85. The monoisotopic (exact) mass is 250 g/mol. The molecule has 0 aliphatic carbocycles. The first-order valence-electron chi connectivity index (χ1n) is 5.94. The van der Waals surface area contributed by atoms with Crippen molar-refractivity contribution in [2.24, 2.45) is 0 Å². The number of hydrogen-bond acceptors (Lipinski definition) is 3. The number of aryl methyl sites for hydroxylation is 2. The third kappa shape index (κ3) is 2.76. The molecular formula is C13H18N2OS. The van der Waals surface area contributed by atoms with Crippen molar-refractivity contribution in [3.8, 4) is 0 Å². The van der Waals surface area contributed by atoms with E-state index in [-0.39, 0.29) is 0 Å². The first-order chi connectivity index (χ1) is 8.22. The largest absolute Gasteiger partial charge is 0.387 e. The molecule has 0 aliphatic rings. The Labute approximate surface area is 106 Å². The molecule has 17 heavy (non-hydrogen) atoms. The van der Waals surface area contributed by atoms with E-state index in [2.05, 4.69) is 16.5 Å². The number of hydrogen-bond donors (Lipinski definition) is 1. The van der Waals surface area contributed by atoms with Crippen molar-refractivity contribution < 1.29 is 5.11 Å². The normalized spacial score (nSPS) is 12.9. The first kappa shape index (κ1) is 12.3. The molecule has 1 unspecified atom stereocenters. The van der Waals surface area contributed by atoms with Crippen molar-refractivity contribution >= 4 is 11.3 Å². The molecule has 0 spiro atoms. The lowest BCUT2D eigenvalue weighted by Gasteiger charge is -2.11. The zero-order chi connectivity index (χ0) is 12.3. The van der Waals surface area contributed by atoms with E-state index in [1.807, 2.05) is 24.6 Å². The fourth-order valence-corrected chi connectivity index (χ4v) is 2.88. The van der Waals surface area contributed by atoms with Crippen molar-refractivity contribution in [1.82, 2.24) is 9.55 Å². The third-order valence-corrected chi connectivity index (χ3v) is 3.97. The summed E-state index contributed by atoms with van der Waals surface area (Å²) < 4.78 is 2.12. The highest BCUT2D eigenvalue weighted by molar-refractivity contribution is 7.10. The number of imidazole rings is 1. The number of rotatable bonds is 5. The van der Waals surface area contributed by atoms with Crippen molar-refractivity contribution in [2.45, 2.75) is 39.3 Å². The van der Waals surface area contributed by atoms with Gasteiger partial charge in [0.2, 0.25) is 0 Å². The van der Waals surface area contributed by atoms with Gasteiger partial charge in [0.15, 0.2) is 0 Å². The molecule has 0 amide bonds. The Morgan fingerprint density at radius 3 is 3.00 bits per heavy atom. The highest BCUT2D eigenvalue weighted by Crippen LogP contribution is 2.26. The smallest absolute Gasteiger partial charge is 0.111 e. The Morgan fingerprint density at radius 2 is 2.35 bits per heavy atom. The summed E-state index contributed by atoms with van der Waals surface area (Å²) in [5.41, 5.74) is 1.16. The van der Waals surface area contributed by atoms with Crippen LogP contribution in [0.2, 0.25) is 0 Å². The minimum Gasteiger partial charge on any atom is -0.387 e. The Hall–Kier alpha value is -1.13. The van der Waals surface area contributed by atoms with Gasteiger partial charge in [-0.15, -0.1) is 11.3 Å². The molecule has 0 saturated carbocycles. The van der Waals surface area contributed by atoms with Gasteiger partial charge in [0.05, 0.1) is 6.10 Å². The minimum atomic E-state index is -0.437. The molecule has 3 nitrogen and oxygen atoms in total. The van der Waals surface area contributed by atoms with E-state index in [0.29, 0.717) is 6.42 Å².